The molecular formula is C27H28F4N4O4S. The molecule has 1 fully saturated rings. The van der Waals surface area contributed by atoms with Gasteiger partial charge in [-0.1, -0.05) is 26.0 Å². The first-order valence-electron chi connectivity index (χ1n) is 12.6. The van der Waals surface area contributed by atoms with Gasteiger partial charge in [-0.2, -0.15) is 27.4 Å². The van der Waals surface area contributed by atoms with Gasteiger partial charge in [0, 0.05) is 12.1 Å². The number of ether oxygens (including phenoxy) is 1. The number of sulfonamides is 1. The van der Waals surface area contributed by atoms with Gasteiger partial charge in [-0.25, -0.2) is 12.8 Å². The number of carbonyl (C=O) groups excluding carboxylic acids is 1. The summed E-state index contributed by atoms with van der Waals surface area (Å²) >= 11 is 0. The number of halogens is 4. The van der Waals surface area contributed by atoms with Crippen LogP contribution in [-0.2, 0) is 27.5 Å². The van der Waals surface area contributed by atoms with Crippen molar-refractivity contribution in [2.45, 2.75) is 50.3 Å². The maximum absolute atomic E-state index is 13.3. The van der Waals surface area contributed by atoms with Crippen molar-refractivity contribution < 1.29 is 35.5 Å². The summed E-state index contributed by atoms with van der Waals surface area (Å²) in [6, 6.07) is 9.41. The minimum absolute atomic E-state index is 0.00303. The lowest BCUT2D eigenvalue weighted by molar-refractivity contribution is -0.137. The lowest BCUT2D eigenvalue weighted by atomic mass is 10.1. The highest BCUT2D eigenvalue weighted by Gasteiger charge is 2.39. The molecule has 1 aliphatic heterocycles. The van der Waals surface area contributed by atoms with Crippen molar-refractivity contribution in [2.75, 3.05) is 13.2 Å². The Labute approximate surface area is 229 Å². The first-order chi connectivity index (χ1) is 18.8. The molecule has 1 aromatic heterocycles. The molecule has 0 bridgehead atoms. The molecule has 1 saturated heterocycles. The Kier molecular flexibility index (Phi) is 8.74. The van der Waals surface area contributed by atoms with Crippen LogP contribution in [0.4, 0.5) is 17.6 Å². The van der Waals surface area contributed by atoms with E-state index in [1.54, 1.807) is 0 Å². The van der Waals surface area contributed by atoms with Gasteiger partial charge in [-0.3, -0.25) is 4.79 Å². The Morgan fingerprint density at radius 2 is 1.77 bits per heavy atom. The Balaban J connectivity index is 1.53. The third-order valence-corrected chi connectivity index (χ3v) is 8.11. The van der Waals surface area contributed by atoms with Crippen molar-refractivity contribution in [3.8, 4) is 17.3 Å². The highest BCUT2D eigenvalue weighted by molar-refractivity contribution is 7.89. The zero-order valence-electron chi connectivity index (χ0n) is 21.8. The van der Waals surface area contributed by atoms with Crippen LogP contribution < -0.4 is 10.1 Å². The predicted octanol–water partition coefficient (Wildman–Crippen LogP) is 4.81. The summed E-state index contributed by atoms with van der Waals surface area (Å²) in [5, 5.41) is 2.70. The van der Waals surface area contributed by atoms with Gasteiger partial charge in [0.1, 0.15) is 11.9 Å². The number of hydrogen-bond acceptors (Lipinski definition) is 6. The number of nitrogens with one attached hydrogen (secondary N) is 1. The Morgan fingerprint density at radius 1 is 1.10 bits per heavy atom. The largest absolute Gasteiger partial charge is 0.463 e. The summed E-state index contributed by atoms with van der Waals surface area (Å²) in [4.78, 5) is 21.6. The molecule has 2 heterocycles. The van der Waals surface area contributed by atoms with E-state index in [1.807, 2.05) is 13.8 Å². The molecule has 4 rings (SSSR count). The van der Waals surface area contributed by atoms with E-state index >= 15 is 0 Å². The molecule has 1 N–H and O–H groups in total. The fraction of sp³-hybridized carbons (Fsp3) is 0.370. The number of benzene rings is 2. The molecule has 13 heteroatoms. The van der Waals surface area contributed by atoms with E-state index < -0.39 is 39.5 Å². The third-order valence-electron chi connectivity index (χ3n) is 6.18. The molecule has 0 aliphatic carbocycles. The zero-order chi connectivity index (χ0) is 29.1. The van der Waals surface area contributed by atoms with Crippen molar-refractivity contribution in [3.63, 3.8) is 0 Å². The van der Waals surface area contributed by atoms with Gasteiger partial charge >= 0.3 is 12.2 Å². The minimum atomic E-state index is -4.48. The minimum Gasteiger partial charge on any atom is -0.463 e. The van der Waals surface area contributed by atoms with Gasteiger partial charge in [0.2, 0.25) is 15.9 Å². The van der Waals surface area contributed by atoms with Crippen molar-refractivity contribution in [1.29, 1.82) is 0 Å². The quantitative estimate of drug-likeness (QED) is 0.365. The maximum Gasteiger partial charge on any atom is 0.416 e. The second-order valence-corrected chi connectivity index (χ2v) is 11.6. The van der Waals surface area contributed by atoms with Gasteiger partial charge in [0.25, 0.3) is 0 Å². The van der Waals surface area contributed by atoms with E-state index in [1.165, 1.54) is 18.2 Å². The molecule has 1 atom stereocenters. The highest BCUT2D eigenvalue weighted by Crippen LogP contribution is 2.31. The standard InChI is InChI=1S/C27H28F4N4O4S/c1-17(2)16-39-26-33-21(14-23(34-26)18-5-7-19(8-6-18)27(29,30)31)15-32-25(36)24-4-3-13-35(24)40(37,38)22-11-9-20(28)10-12-22/h5-12,14,17,24H,3-4,13,15-16H2,1-2H3,(H,32,36)/t24-/m0/s1. The van der Waals surface area contributed by atoms with Gasteiger partial charge in [0.05, 0.1) is 35.0 Å². The van der Waals surface area contributed by atoms with Gasteiger partial charge in [-0.05, 0) is 61.2 Å². The number of aromatic nitrogens is 2. The molecule has 40 heavy (non-hydrogen) atoms. The first-order valence-corrected chi connectivity index (χ1v) is 14.0. The lowest BCUT2D eigenvalue weighted by Gasteiger charge is -2.23. The van der Waals surface area contributed by atoms with Crippen molar-refractivity contribution in [2.24, 2.45) is 5.92 Å². The van der Waals surface area contributed by atoms with Crippen molar-refractivity contribution in [1.82, 2.24) is 19.6 Å². The molecule has 0 spiro atoms. The number of amides is 1. The summed E-state index contributed by atoms with van der Waals surface area (Å²) in [6.45, 7) is 4.17. The Morgan fingerprint density at radius 3 is 2.40 bits per heavy atom. The maximum atomic E-state index is 13.3. The van der Waals surface area contributed by atoms with Crippen LogP contribution >= 0.6 is 0 Å². The number of carbonyl (C=O) groups is 1. The summed E-state index contributed by atoms with van der Waals surface area (Å²) in [5.41, 5.74) is 0.214. The molecule has 8 nitrogen and oxygen atoms in total. The first kappa shape index (κ1) is 29.4. The van der Waals surface area contributed by atoms with Gasteiger partial charge in [-0.15, -0.1) is 0 Å². The molecule has 2 aromatic carbocycles. The van der Waals surface area contributed by atoms with Gasteiger partial charge in [0.15, 0.2) is 0 Å². The molecule has 0 radical (unpaired) electrons. The fourth-order valence-corrected chi connectivity index (χ4v) is 5.83. The highest BCUT2D eigenvalue weighted by atomic mass is 32.2. The van der Waals surface area contributed by atoms with Crippen LogP contribution in [0.1, 0.15) is 37.9 Å². The molecule has 214 valence electrons. The van der Waals surface area contributed by atoms with E-state index in [4.69, 9.17) is 4.74 Å². The summed E-state index contributed by atoms with van der Waals surface area (Å²) < 4.78 is 85.3. The summed E-state index contributed by atoms with van der Waals surface area (Å²) in [5.74, 6) is -0.965. The van der Waals surface area contributed by atoms with Crippen LogP contribution in [-0.4, -0.2) is 47.8 Å². The van der Waals surface area contributed by atoms with Crippen molar-refractivity contribution >= 4 is 15.9 Å². The number of alkyl halides is 3. The van der Waals surface area contributed by atoms with E-state index in [0.717, 1.165) is 40.7 Å². The normalized spacial score (nSPS) is 16.3. The number of rotatable bonds is 9. The van der Waals surface area contributed by atoms with Crippen LogP contribution in [0.15, 0.2) is 59.5 Å². The van der Waals surface area contributed by atoms with E-state index in [2.05, 4.69) is 15.3 Å². The molecule has 0 unspecified atom stereocenters. The molecule has 1 amide bonds. The van der Waals surface area contributed by atoms with E-state index in [-0.39, 0.29) is 29.9 Å². The predicted molar refractivity (Wildman–Crippen MR) is 138 cm³/mol. The van der Waals surface area contributed by atoms with Crippen LogP contribution in [0.2, 0.25) is 0 Å². The topological polar surface area (TPSA) is 101 Å². The van der Waals surface area contributed by atoms with Gasteiger partial charge < -0.3 is 10.1 Å². The molecule has 1 aliphatic rings. The Hall–Kier alpha value is -3.58. The Bertz CT molecular complexity index is 1450. The molecule has 0 saturated carbocycles. The monoisotopic (exact) mass is 580 g/mol. The van der Waals surface area contributed by atoms with Crippen LogP contribution in [0.5, 0.6) is 6.01 Å². The zero-order valence-corrected chi connectivity index (χ0v) is 22.6. The van der Waals surface area contributed by atoms with Crippen LogP contribution in [0.25, 0.3) is 11.3 Å². The summed E-state index contributed by atoms with van der Waals surface area (Å²) in [6.07, 6.45) is -3.71. The number of hydrogen-bond donors (Lipinski definition) is 1. The average Bonchev–Trinajstić information content (AvgIpc) is 3.42. The number of nitrogens with zero attached hydrogens (tertiary/aromatic N) is 3. The fourth-order valence-electron chi connectivity index (χ4n) is 4.17. The van der Waals surface area contributed by atoms with Crippen LogP contribution in [0.3, 0.4) is 0 Å². The lowest BCUT2D eigenvalue weighted by Crippen LogP contribution is -2.45. The van der Waals surface area contributed by atoms with Crippen LogP contribution in [0, 0.1) is 11.7 Å². The SMILES string of the molecule is CC(C)COc1nc(CNC(=O)[C@@H]2CCCN2S(=O)(=O)c2ccc(F)cc2)cc(-c2ccc(C(F)(F)F)cc2)n1. The average molecular weight is 581 g/mol. The smallest absolute Gasteiger partial charge is 0.416 e. The third kappa shape index (κ3) is 6.94. The molecule has 3 aromatic rings. The summed E-state index contributed by atoms with van der Waals surface area (Å²) in [7, 11) is -4.03. The van der Waals surface area contributed by atoms with E-state index in [9.17, 15) is 30.8 Å². The van der Waals surface area contributed by atoms with E-state index in [0.29, 0.717) is 36.4 Å². The van der Waals surface area contributed by atoms with Crippen molar-refractivity contribution in [3.05, 3.63) is 71.7 Å². The second-order valence-electron chi connectivity index (χ2n) is 9.75. The molecular weight excluding hydrogens is 552 g/mol. The second kappa shape index (κ2) is 11.9.